The van der Waals surface area contributed by atoms with E-state index in [1.807, 2.05) is 0 Å². The fourth-order valence-corrected chi connectivity index (χ4v) is 3.18. The fourth-order valence-electron chi connectivity index (χ4n) is 2.29. The van der Waals surface area contributed by atoms with Gasteiger partial charge in [-0.25, -0.2) is 4.99 Å². The first-order valence-electron chi connectivity index (χ1n) is 7.24. The summed E-state index contributed by atoms with van der Waals surface area (Å²) in [4.78, 5) is 17.8. The molecule has 25 heavy (non-hydrogen) atoms. The second-order valence-electron chi connectivity index (χ2n) is 5.16. The maximum Gasteiger partial charge on any atom is 0.416 e. The number of aliphatic imine (C=N–C) groups is 1. The van der Waals surface area contributed by atoms with Gasteiger partial charge in [-0.05, 0) is 42.5 Å². The van der Waals surface area contributed by atoms with Crippen molar-refractivity contribution in [2.75, 3.05) is 17.8 Å². The molecule has 1 aliphatic heterocycles. The van der Waals surface area contributed by atoms with Crippen molar-refractivity contribution in [1.29, 1.82) is 0 Å². The molecule has 1 heterocycles. The van der Waals surface area contributed by atoms with Crippen LogP contribution in [0.1, 0.15) is 5.56 Å². The Bertz CT molecular complexity index is 819. The first-order valence-corrected chi connectivity index (χ1v) is 8.23. The van der Waals surface area contributed by atoms with Gasteiger partial charge in [-0.2, -0.15) is 13.2 Å². The van der Waals surface area contributed by atoms with Crippen molar-refractivity contribution in [3.63, 3.8) is 0 Å². The Labute approximate surface area is 146 Å². The van der Waals surface area contributed by atoms with Crippen LogP contribution < -0.4 is 9.64 Å². The van der Waals surface area contributed by atoms with E-state index in [9.17, 15) is 18.0 Å². The lowest BCUT2D eigenvalue weighted by atomic mass is 10.2. The van der Waals surface area contributed by atoms with Gasteiger partial charge in [-0.1, -0.05) is 17.8 Å². The predicted octanol–water partition coefficient (Wildman–Crippen LogP) is 4.48. The Morgan fingerprint density at radius 3 is 2.52 bits per heavy atom. The number of hydrogen-bond donors (Lipinski definition) is 0. The van der Waals surface area contributed by atoms with E-state index in [0.29, 0.717) is 16.6 Å². The van der Waals surface area contributed by atoms with E-state index in [1.165, 1.54) is 35.9 Å². The lowest BCUT2D eigenvalue weighted by Gasteiger charge is -2.16. The number of amides is 1. The van der Waals surface area contributed by atoms with Gasteiger partial charge in [0.2, 0.25) is 5.91 Å². The lowest BCUT2D eigenvalue weighted by Crippen LogP contribution is -2.29. The quantitative estimate of drug-likeness (QED) is 0.804. The summed E-state index contributed by atoms with van der Waals surface area (Å²) in [6, 6.07) is 11.5. The van der Waals surface area contributed by atoms with Crippen molar-refractivity contribution in [2.45, 2.75) is 6.18 Å². The molecule has 0 radical (unpaired) electrons. The molecule has 0 bridgehead atoms. The van der Waals surface area contributed by atoms with Crippen LogP contribution in [0.15, 0.2) is 53.5 Å². The molecule has 0 aliphatic carbocycles. The second-order valence-corrected chi connectivity index (χ2v) is 6.10. The lowest BCUT2D eigenvalue weighted by molar-refractivity contribution is -0.137. The van der Waals surface area contributed by atoms with E-state index in [0.717, 1.165) is 12.1 Å². The molecule has 0 aromatic heterocycles. The standard InChI is InChI=1S/C17H13F3N2O2S/c1-24-14-7-5-13(6-8-14)22-15(23)10-25-16(22)21-12-4-2-3-11(9-12)17(18,19)20/h2-9H,10H2,1H3. The molecule has 2 aromatic carbocycles. The largest absolute Gasteiger partial charge is 0.497 e. The van der Waals surface area contributed by atoms with Gasteiger partial charge in [0.05, 0.1) is 29.8 Å². The van der Waals surface area contributed by atoms with E-state index in [2.05, 4.69) is 4.99 Å². The minimum atomic E-state index is -4.44. The van der Waals surface area contributed by atoms with Crippen molar-refractivity contribution >= 4 is 34.2 Å². The highest BCUT2D eigenvalue weighted by Crippen LogP contribution is 2.33. The van der Waals surface area contributed by atoms with Gasteiger partial charge < -0.3 is 4.74 Å². The van der Waals surface area contributed by atoms with E-state index in [1.54, 1.807) is 24.3 Å². The highest BCUT2D eigenvalue weighted by molar-refractivity contribution is 8.15. The highest BCUT2D eigenvalue weighted by Gasteiger charge is 2.32. The molecule has 1 saturated heterocycles. The number of alkyl halides is 3. The molecule has 3 rings (SSSR count). The van der Waals surface area contributed by atoms with Crippen molar-refractivity contribution in [2.24, 2.45) is 4.99 Å². The van der Waals surface area contributed by atoms with Gasteiger partial charge >= 0.3 is 6.18 Å². The fraction of sp³-hybridized carbons (Fsp3) is 0.176. The third kappa shape index (κ3) is 3.79. The zero-order valence-electron chi connectivity index (χ0n) is 13.1. The Balaban J connectivity index is 1.94. The van der Waals surface area contributed by atoms with Gasteiger partial charge in [-0.3, -0.25) is 9.69 Å². The molecule has 0 spiro atoms. The molecule has 2 aromatic rings. The van der Waals surface area contributed by atoms with Crippen molar-refractivity contribution < 1.29 is 22.7 Å². The van der Waals surface area contributed by atoms with Crippen LogP contribution in [0.5, 0.6) is 5.75 Å². The molecular weight excluding hydrogens is 353 g/mol. The van der Waals surface area contributed by atoms with Crippen LogP contribution in [0.3, 0.4) is 0 Å². The first-order chi connectivity index (χ1) is 11.9. The summed E-state index contributed by atoms with van der Waals surface area (Å²) in [6.45, 7) is 0. The number of methoxy groups -OCH3 is 1. The van der Waals surface area contributed by atoms with Crippen LogP contribution in [0.4, 0.5) is 24.5 Å². The SMILES string of the molecule is COc1ccc(N2C(=O)CSC2=Nc2cccc(C(F)(F)F)c2)cc1. The van der Waals surface area contributed by atoms with Crippen LogP contribution in [0.25, 0.3) is 0 Å². The number of thioether (sulfide) groups is 1. The van der Waals surface area contributed by atoms with Crippen LogP contribution >= 0.6 is 11.8 Å². The summed E-state index contributed by atoms with van der Waals surface area (Å²) in [5.41, 5.74) is -0.0493. The number of carbonyl (C=O) groups is 1. The van der Waals surface area contributed by atoms with E-state index in [4.69, 9.17) is 4.74 Å². The minimum Gasteiger partial charge on any atom is -0.497 e. The molecule has 0 atom stereocenters. The maximum absolute atomic E-state index is 12.8. The molecule has 1 aliphatic rings. The summed E-state index contributed by atoms with van der Waals surface area (Å²) in [5, 5.41) is 0.342. The summed E-state index contributed by atoms with van der Waals surface area (Å²) in [5.74, 6) is 0.643. The predicted molar refractivity (Wildman–Crippen MR) is 91.5 cm³/mol. The van der Waals surface area contributed by atoms with Crippen LogP contribution in [-0.4, -0.2) is 23.9 Å². The van der Waals surface area contributed by atoms with Crippen LogP contribution in [0.2, 0.25) is 0 Å². The third-order valence-corrected chi connectivity index (χ3v) is 4.42. The molecule has 0 unspecified atom stereocenters. The van der Waals surface area contributed by atoms with Crippen LogP contribution in [0, 0.1) is 0 Å². The normalized spacial score (nSPS) is 16.6. The first kappa shape index (κ1) is 17.3. The Morgan fingerprint density at radius 2 is 1.88 bits per heavy atom. The minimum absolute atomic E-state index is 0.144. The number of nitrogens with zero attached hydrogens (tertiary/aromatic N) is 2. The monoisotopic (exact) mass is 366 g/mol. The number of carbonyl (C=O) groups excluding carboxylic acids is 1. The van der Waals surface area contributed by atoms with Crippen molar-refractivity contribution in [1.82, 2.24) is 0 Å². The molecule has 4 nitrogen and oxygen atoms in total. The Hall–Kier alpha value is -2.48. The van der Waals surface area contributed by atoms with E-state index >= 15 is 0 Å². The Morgan fingerprint density at radius 1 is 1.16 bits per heavy atom. The molecule has 8 heteroatoms. The van der Waals surface area contributed by atoms with E-state index < -0.39 is 11.7 Å². The maximum atomic E-state index is 12.8. The molecule has 1 amide bonds. The number of rotatable bonds is 3. The third-order valence-electron chi connectivity index (χ3n) is 3.49. The molecule has 0 N–H and O–H groups in total. The average molecular weight is 366 g/mol. The summed E-state index contributed by atoms with van der Waals surface area (Å²) < 4.78 is 43.6. The molecule has 1 fully saturated rings. The second kappa shape index (κ2) is 6.79. The molecule has 130 valence electrons. The number of hydrogen-bond acceptors (Lipinski definition) is 4. The van der Waals surface area contributed by atoms with Crippen molar-refractivity contribution in [3.05, 3.63) is 54.1 Å². The highest BCUT2D eigenvalue weighted by atomic mass is 32.2. The number of benzene rings is 2. The summed E-state index contributed by atoms with van der Waals surface area (Å²) in [6.07, 6.45) is -4.44. The zero-order valence-corrected chi connectivity index (χ0v) is 13.9. The zero-order chi connectivity index (χ0) is 18.0. The van der Waals surface area contributed by atoms with Gasteiger partial charge in [0.1, 0.15) is 5.75 Å². The van der Waals surface area contributed by atoms with Gasteiger partial charge in [0.15, 0.2) is 5.17 Å². The van der Waals surface area contributed by atoms with Gasteiger partial charge in [-0.15, -0.1) is 0 Å². The topological polar surface area (TPSA) is 41.9 Å². The Kier molecular flexibility index (Phi) is 4.71. The number of anilines is 1. The summed E-state index contributed by atoms with van der Waals surface area (Å²) >= 11 is 1.19. The van der Waals surface area contributed by atoms with E-state index in [-0.39, 0.29) is 17.3 Å². The van der Waals surface area contributed by atoms with Gasteiger partial charge in [0, 0.05) is 0 Å². The van der Waals surface area contributed by atoms with Gasteiger partial charge in [0.25, 0.3) is 0 Å². The average Bonchev–Trinajstić information content (AvgIpc) is 2.95. The number of ether oxygens (including phenoxy) is 1. The van der Waals surface area contributed by atoms with Crippen LogP contribution in [-0.2, 0) is 11.0 Å². The number of halogens is 3. The molecule has 0 saturated carbocycles. The smallest absolute Gasteiger partial charge is 0.416 e. The van der Waals surface area contributed by atoms with Crippen molar-refractivity contribution in [3.8, 4) is 5.75 Å². The molecular formula is C17H13F3N2O2S. The summed E-state index contributed by atoms with van der Waals surface area (Å²) in [7, 11) is 1.53. The number of amidine groups is 1.